The number of halogens is 1. The summed E-state index contributed by atoms with van der Waals surface area (Å²) in [6, 6.07) is 5.82. The molecular weight excluding hydrogens is 333 g/mol. The summed E-state index contributed by atoms with van der Waals surface area (Å²) in [6.07, 6.45) is 2.68. The lowest BCUT2D eigenvalue weighted by Crippen LogP contribution is -2.43. The Morgan fingerprint density at radius 2 is 2.04 bits per heavy atom. The van der Waals surface area contributed by atoms with Crippen molar-refractivity contribution in [3.8, 4) is 0 Å². The van der Waals surface area contributed by atoms with Gasteiger partial charge in [-0.15, -0.1) is 0 Å². The van der Waals surface area contributed by atoms with Crippen molar-refractivity contribution in [3.63, 3.8) is 0 Å². The Kier molecular flexibility index (Phi) is 5.24. The van der Waals surface area contributed by atoms with E-state index in [0.29, 0.717) is 44.5 Å². The normalized spacial score (nSPS) is 31.2. The Morgan fingerprint density at radius 3 is 2.67 bits per heavy atom. The molecule has 2 fully saturated rings. The second-order valence-corrected chi connectivity index (χ2v) is 8.74. The molecule has 1 unspecified atom stereocenters. The molecule has 3 rings (SSSR count). The van der Waals surface area contributed by atoms with Gasteiger partial charge in [-0.1, -0.05) is 12.1 Å². The van der Waals surface area contributed by atoms with Gasteiger partial charge in [-0.2, -0.15) is 0 Å². The molecule has 1 aliphatic carbocycles. The van der Waals surface area contributed by atoms with E-state index in [1.165, 1.54) is 12.1 Å². The van der Waals surface area contributed by atoms with E-state index in [9.17, 15) is 17.9 Å². The van der Waals surface area contributed by atoms with Crippen molar-refractivity contribution in [1.82, 2.24) is 4.72 Å². The number of ether oxygens (including phenoxy) is 1. The molecule has 24 heavy (non-hydrogen) atoms. The summed E-state index contributed by atoms with van der Waals surface area (Å²) in [4.78, 5) is 0. The second kappa shape index (κ2) is 7.07. The SMILES string of the molecule is O=S(=O)(CC1CCOC1)NC1CCC(O)(c2cccc(F)c2)CC1. The molecule has 1 saturated heterocycles. The van der Waals surface area contributed by atoms with E-state index in [1.54, 1.807) is 12.1 Å². The van der Waals surface area contributed by atoms with Gasteiger partial charge in [0.15, 0.2) is 0 Å². The fraction of sp³-hybridized carbons (Fsp3) is 0.647. The van der Waals surface area contributed by atoms with Crippen LogP contribution in [0.25, 0.3) is 0 Å². The van der Waals surface area contributed by atoms with E-state index in [2.05, 4.69) is 4.72 Å². The van der Waals surface area contributed by atoms with Crippen molar-refractivity contribution in [2.24, 2.45) is 5.92 Å². The van der Waals surface area contributed by atoms with Gasteiger partial charge >= 0.3 is 0 Å². The summed E-state index contributed by atoms with van der Waals surface area (Å²) in [5.41, 5.74) is -0.518. The Balaban J connectivity index is 1.56. The zero-order chi connectivity index (χ0) is 17.2. The van der Waals surface area contributed by atoms with Crippen LogP contribution in [0.15, 0.2) is 24.3 Å². The van der Waals surface area contributed by atoms with Crippen LogP contribution >= 0.6 is 0 Å². The molecule has 1 atom stereocenters. The van der Waals surface area contributed by atoms with Crippen molar-refractivity contribution >= 4 is 10.0 Å². The van der Waals surface area contributed by atoms with E-state index < -0.39 is 15.6 Å². The van der Waals surface area contributed by atoms with Gasteiger partial charge in [-0.3, -0.25) is 0 Å². The van der Waals surface area contributed by atoms with E-state index in [-0.39, 0.29) is 23.5 Å². The molecular formula is C17H24FNO4S. The topological polar surface area (TPSA) is 75.6 Å². The first-order chi connectivity index (χ1) is 11.4. The fourth-order valence-corrected chi connectivity index (χ4v) is 5.33. The molecule has 2 N–H and O–H groups in total. The van der Waals surface area contributed by atoms with E-state index in [4.69, 9.17) is 4.74 Å². The molecule has 1 aromatic rings. The second-order valence-electron chi connectivity index (χ2n) is 6.95. The average molecular weight is 357 g/mol. The molecule has 0 radical (unpaired) electrons. The van der Waals surface area contributed by atoms with Crippen LogP contribution in [0.2, 0.25) is 0 Å². The third-order valence-electron chi connectivity index (χ3n) is 5.00. The average Bonchev–Trinajstić information content (AvgIpc) is 3.02. The minimum absolute atomic E-state index is 0.0651. The molecule has 1 aromatic carbocycles. The van der Waals surface area contributed by atoms with Crippen molar-refractivity contribution in [2.75, 3.05) is 19.0 Å². The van der Waals surface area contributed by atoms with E-state index >= 15 is 0 Å². The zero-order valence-corrected chi connectivity index (χ0v) is 14.4. The summed E-state index contributed by atoms with van der Waals surface area (Å²) < 4.78 is 45.9. The predicted octanol–water partition coefficient (Wildman–Crippen LogP) is 1.91. The van der Waals surface area contributed by atoms with Crippen LogP contribution in [0.4, 0.5) is 4.39 Å². The molecule has 7 heteroatoms. The molecule has 134 valence electrons. The lowest BCUT2D eigenvalue weighted by Gasteiger charge is -2.36. The van der Waals surface area contributed by atoms with E-state index in [0.717, 1.165) is 6.42 Å². The van der Waals surface area contributed by atoms with Crippen LogP contribution in [0.1, 0.15) is 37.7 Å². The maximum atomic E-state index is 13.4. The van der Waals surface area contributed by atoms with Gasteiger partial charge in [-0.05, 0) is 55.7 Å². The third-order valence-corrected chi connectivity index (χ3v) is 6.60. The van der Waals surface area contributed by atoms with Crippen LogP contribution in [-0.2, 0) is 20.4 Å². The van der Waals surface area contributed by atoms with Crippen molar-refractivity contribution in [2.45, 2.75) is 43.7 Å². The number of nitrogens with one attached hydrogen (secondary N) is 1. The molecule has 1 aliphatic heterocycles. The van der Waals surface area contributed by atoms with Gasteiger partial charge in [0.05, 0.1) is 18.0 Å². The minimum atomic E-state index is -3.34. The Morgan fingerprint density at radius 1 is 1.29 bits per heavy atom. The Bertz CT molecular complexity index is 665. The first-order valence-corrected chi connectivity index (χ1v) is 10.1. The maximum absolute atomic E-state index is 13.4. The molecule has 1 heterocycles. The van der Waals surface area contributed by atoms with Crippen LogP contribution in [0.3, 0.4) is 0 Å². The van der Waals surface area contributed by atoms with Gasteiger partial charge < -0.3 is 9.84 Å². The number of sulfonamides is 1. The summed E-state index contributed by atoms with van der Waals surface area (Å²) in [7, 11) is -3.34. The summed E-state index contributed by atoms with van der Waals surface area (Å²) >= 11 is 0. The van der Waals surface area contributed by atoms with Gasteiger partial charge in [0.2, 0.25) is 10.0 Å². The lowest BCUT2D eigenvalue weighted by molar-refractivity contribution is -0.00662. The highest BCUT2D eigenvalue weighted by atomic mass is 32.2. The third kappa shape index (κ3) is 4.33. The lowest BCUT2D eigenvalue weighted by atomic mass is 9.78. The van der Waals surface area contributed by atoms with E-state index in [1.807, 2.05) is 0 Å². The molecule has 0 bridgehead atoms. The highest BCUT2D eigenvalue weighted by Crippen LogP contribution is 2.37. The first kappa shape index (κ1) is 17.8. The Hall–Kier alpha value is -1.02. The predicted molar refractivity (Wildman–Crippen MR) is 88.4 cm³/mol. The van der Waals surface area contributed by atoms with Crippen LogP contribution < -0.4 is 4.72 Å². The fourth-order valence-electron chi connectivity index (χ4n) is 3.61. The van der Waals surface area contributed by atoms with Gasteiger partial charge in [0, 0.05) is 12.6 Å². The van der Waals surface area contributed by atoms with Crippen molar-refractivity contribution in [1.29, 1.82) is 0 Å². The molecule has 0 spiro atoms. The largest absolute Gasteiger partial charge is 0.385 e. The monoisotopic (exact) mass is 357 g/mol. The number of hydrogen-bond acceptors (Lipinski definition) is 4. The molecule has 1 saturated carbocycles. The highest BCUT2D eigenvalue weighted by Gasteiger charge is 2.36. The smallest absolute Gasteiger partial charge is 0.212 e. The zero-order valence-electron chi connectivity index (χ0n) is 13.6. The van der Waals surface area contributed by atoms with Gasteiger partial charge in [-0.25, -0.2) is 17.5 Å². The van der Waals surface area contributed by atoms with Crippen LogP contribution in [-0.4, -0.2) is 38.5 Å². The molecule has 0 amide bonds. The minimum Gasteiger partial charge on any atom is -0.385 e. The van der Waals surface area contributed by atoms with Crippen molar-refractivity contribution < 1.29 is 22.7 Å². The number of hydrogen-bond donors (Lipinski definition) is 2. The maximum Gasteiger partial charge on any atom is 0.212 e. The summed E-state index contributed by atoms with van der Waals surface area (Å²) in [5.74, 6) is -0.213. The number of rotatable bonds is 5. The quantitative estimate of drug-likeness (QED) is 0.844. The van der Waals surface area contributed by atoms with Gasteiger partial charge in [0.25, 0.3) is 0 Å². The number of benzene rings is 1. The standard InChI is InChI=1S/C17H24FNO4S/c18-15-3-1-2-14(10-15)17(20)7-4-16(5-8-17)19-24(21,22)12-13-6-9-23-11-13/h1-3,10,13,16,19-20H,4-9,11-12H2. The Labute approximate surface area is 142 Å². The summed E-state index contributed by atoms with van der Waals surface area (Å²) in [6.45, 7) is 1.13. The highest BCUT2D eigenvalue weighted by molar-refractivity contribution is 7.89. The number of aliphatic hydroxyl groups is 1. The molecule has 2 aliphatic rings. The van der Waals surface area contributed by atoms with Crippen LogP contribution in [0.5, 0.6) is 0 Å². The van der Waals surface area contributed by atoms with Gasteiger partial charge in [0.1, 0.15) is 5.82 Å². The summed E-state index contributed by atoms with van der Waals surface area (Å²) in [5, 5.41) is 10.8. The molecule has 0 aromatic heterocycles. The van der Waals surface area contributed by atoms with Crippen molar-refractivity contribution in [3.05, 3.63) is 35.6 Å². The first-order valence-electron chi connectivity index (χ1n) is 8.42. The molecule has 5 nitrogen and oxygen atoms in total. The van der Waals surface area contributed by atoms with Crippen LogP contribution in [0, 0.1) is 11.7 Å².